The van der Waals surface area contributed by atoms with Gasteiger partial charge in [-0.1, -0.05) is 24.6 Å². The van der Waals surface area contributed by atoms with E-state index in [0.29, 0.717) is 38.0 Å². The Morgan fingerprint density at radius 3 is 2.18 bits per heavy atom. The smallest absolute Gasteiger partial charge is 0.253 e. The number of sulfonamides is 1. The summed E-state index contributed by atoms with van der Waals surface area (Å²) in [5, 5.41) is 2.93. The van der Waals surface area contributed by atoms with E-state index in [1.54, 1.807) is 21.3 Å². The molecular weight excluding hydrogens is 438 g/mol. The summed E-state index contributed by atoms with van der Waals surface area (Å²) in [5.41, 5.74) is 1.24. The zero-order valence-electron chi connectivity index (χ0n) is 18.9. The van der Waals surface area contributed by atoms with Crippen LogP contribution in [0.1, 0.15) is 49.4 Å². The molecule has 0 aliphatic carbocycles. The van der Waals surface area contributed by atoms with E-state index in [4.69, 9.17) is 0 Å². The molecule has 0 radical (unpaired) electrons. The summed E-state index contributed by atoms with van der Waals surface area (Å²) < 4.78 is 27.6. The molecule has 1 N–H and O–H groups in total. The quantitative estimate of drug-likeness (QED) is 0.723. The van der Waals surface area contributed by atoms with E-state index < -0.39 is 10.0 Å². The van der Waals surface area contributed by atoms with Gasteiger partial charge in [0.05, 0.1) is 4.90 Å². The first-order valence-electron chi connectivity index (χ1n) is 11.6. The molecule has 1 unspecified atom stereocenters. The molecule has 2 aliphatic heterocycles. The summed E-state index contributed by atoms with van der Waals surface area (Å²) in [4.78, 5) is 27.4. The molecular formula is C25H31N3O4S. The van der Waals surface area contributed by atoms with Crippen LogP contribution in [-0.4, -0.2) is 55.1 Å². The van der Waals surface area contributed by atoms with E-state index in [2.05, 4.69) is 5.32 Å². The molecule has 176 valence electrons. The first kappa shape index (κ1) is 23.4. The van der Waals surface area contributed by atoms with Crippen LogP contribution in [-0.2, 0) is 14.8 Å². The van der Waals surface area contributed by atoms with Gasteiger partial charge in [0.25, 0.3) is 5.91 Å². The van der Waals surface area contributed by atoms with Crippen molar-refractivity contribution < 1.29 is 18.0 Å². The number of benzene rings is 2. The van der Waals surface area contributed by atoms with Gasteiger partial charge in [-0.25, -0.2) is 8.42 Å². The average molecular weight is 470 g/mol. The van der Waals surface area contributed by atoms with Gasteiger partial charge in [0.2, 0.25) is 15.9 Å². The highest BCUT2D eigenvalue weighted by molar-refractivity contribution is 7.89. The lowest BCUT2D eigenvalue weighted by Crippen LogP contribution is -2.42. The second kappa shape index (κ2) is 10.1. The van der Waals surface area contributed by atoms with Crippen LogP contribution in [0.5, 0.6) is 0 Å². The zero-order chi connectivity index (χ0) is 23.4. The fraction of sp³-hybridized carbons (Fsp3) is 0.440. The van der Waals surface area contributed by atoms with Crippen molar-refractivity contribution >= 4 is 27.5 Å². The monoisotopic (exact) mass is 469 g/mol. The number of carbonyl (C=O) groups is 2. The van der Waals surface area contributed by atoms with Gasteiger partial charge in [-0.15, -0.1) is 0 Å². The van der Waals surface area contributed by atoms with Crippen molar-refractivity contribution in [1.29, 1.82) is 0 Å². The molecule has 2 saturated heterocycles. The normalized spacial score (nSPS) is 20.4. The fourth-order valence-electron chi connectivity index (χ4n) is 4.63. The number of hydrogen-bond acceptors (Lipinski definition) is 4. The van der Waals surface area contributed by atoms with E-state index in [1.807, 2.05) is 37.3 Å². The molecule has 2 aliphatic rings. The first-order chi connectivity index (χ1) is 15.9. The molecule has 2 amide bonds. The summed E-state index contributed by atoms with van der Waals surface area (Å²) in [5.74, 6) is -0.282. The van der Waals surface area contributed by atoms with E-state index in [1.165, 1.54) is 12.1 Å². The lowest BCUT2D eigenvalue weighted by Gasteiger charge is -2.32. The SMILES string of the molecule is CC1CCCCN1S(=O)(=O)c1ccc(C(=O)N2CCC(C(=O)Nc3ccccc3)CC2)cc1. The largest absolute Gasteiger partial charge is 0.339 e. The van der Waals surface area contributed by atoms with Gasteiger partial charge in [-0.05, 0) is 69.0 Å². The molecule has 7 nitrogen and oxygen atoms in total. The van der Waals surface area contributed by atoms with Crippen LogP contribution in [0, 0.1) is 5.92 Å². The number of carbonyl (C=O) groups excluding carboxylic acids is 2. The third-order valence-electron chi connectivity index (χ3n) is 6.64. The topological polar surface area (TPSA) is 86.8 Å². The van der Waals surface area contributed by atoms with Crippen LogP contribution in [0.25, 0.3) is 0 Å². The number of anilines is 1. The maximum absolute atomic E-state index is 13.0. The Hall–Kier alpha value is -2.71. The number of amides is 2. The number of nitrogens with zero attached hydrogens (tertiary/aromatic N) is 2. The highest BCUT2D eigenvalue weighted by Gasteiger charge is 2.32. The molecule has 1 atom stereocenters. The molecule has 33 heavy (non-hydrogen) atoms. The van der Waals surface area contributed by atoms with E-state index in [-0.39, 0.29) is 28.7 Å². The fourth-order valence-corrected chi connectivity index (χ4v) is 6.33. The van der Waals surface area contributed by atoms with Crippen molar-refractivity contribution in [2.45, 2.75) is 50.0 Å². The van der Waals surface area contributed by atoms with Gasteiger partial charge in [-0.2, -0.15) is 4.31 Å². The Morgan fingerprint density at radius 1 is 0.879 bits per heavy atom. The Labute approximate surface area is 195 Å². The molecule has 8 heteroatoms. The van der Waals surface area contributed by atoms with Crippen LogP contribution < -0.4 is 5.32 Å². The van der Waals surface area contributed by atoms with Crippen LogP contribution in [0.15, 0.2) is 59.5 Å². The number of hydrogen-bond donors (Lipinski definition) is 1. The Kier molecular flexibility index (Phi) is 7.14. The van der Waals surface area contributed by atoms with Crippen molar-refractivity contribution in [2.75, 3.05) is 25.0 Å². The lowest BCUT2D eigenvalue weighted by atomic mass is 9.95. The molecule has 2 fully saturated rings. The second-order valence-electron chi connectivity index (χ2n) is 8.91. The Balaban J connectivity index is 1.35. The number of nitrogens with one attached hydrogen (secondary N) is 1. The molecule has 0 aromatic heterocycles. The molecule has 4 rings (SSSR count). The van der Waals surface area contributed by atoms with Gasteiger partial charge in [0, 0.05) is 42.8 Å². The minimum atomic E-state index is -3.56. The summed E-state index contributed by atoms with van der Waals surface area (Å²) >= 11 is 0. The van der Waals surface area contributed by atoms with Crippen molar-refractivity contribution in [2.24, 2.45) is 5.92 Å². The van der Waals surface area contributed by atoms with Crippen LogP contribution >= 0.6 is 0 Å². The third kappa shape index (κ3) is 5.28. The molecule has 0 spiro atoms. The van der Waals surface area contributed by atoms with Crippen LogP contribution in [0.4, 0.5) is 5.69 Å². The molecule has 0 saturated carbocycles. The number of likely N-dealkylation sites (tertiary alicyclic amines) is 1. The van der Waals surface area contributed by atoms with Gasteiger partial charge in [-0.3, -0.25) is 9.59 Å². The van der Waals surface area contributed by atoms with Crippen molar-refractivity contribution in [3.63, 3.8) is 0 Å². The van der Waals surface area contributed by atoms with E-state index >= 15 is 0 Å². The van der Waals surface area contributed by atoms with Crippen molar-refractivity contribution in [1.82, 2.24) is 9.21 Å². The Morgan fingerprint density at radius 2 is 1.55 bits per heavy atom. The predicted molar refractivity (Wildman–Crippen MR) is 127 cm³/mol. The summed E-state index contributed by atoms with van der Waals surface area (Å²) in [6.07, 6.45) is 3.99. The first-order valence-corrected chi connectivity index (χ1v) is 13.1. The predicted octanol–water partition coefficient (Wildman–Crippen LogP) is 3.74. The number of para-hydroxylation sites is 1. The Bertz CT molecular complexity index is 1080. The summed E-state index contributed by atoms with van der Waals surface area (Å²) in [6, 6.07) is 15.6. The zero-order valence-corrected chi connectivity index (χ0v) is 19.8. The van der Waals surface area contributed by atoms with Crippen molar-refractivity contribution in [3.8, 4) is 0 Å². The molecule has 2 aromatic carbocycles. The van der Waals surface area contributed by atoms with E-state index in [0.717, 1.165) is 24.9 Å². The van der Waals surface area contributed by atoms with Gasteiger partial charge in [0.15, 0.2) is 0 Å². The van der Waals surface area contributed by atoms with Gasteiger partial charge >= 0.3 is 0 Å². The second-order valence-corrected chi connectivity index (χ2v) is 10.8. The minimum Gasteiger partial charge on any atom is -0.339 e. The standard InChI is InChI=1S/C25H31N3O4S/c1-19-7-5-6-16-28(19)33(31,32)23-12-10-21(11-13-23)25(30)27-17-14-20(15-18-27)24(29)26-22-8-3-2-4-9-22/h2-4,8-13,19-20H,5-7,14-18H2,1H3,(H,26,29). The average Bonchev–Trinajstić information content (AvgIpc) is 2.84. The third-order valence-corrected chi connectivity index (χ3v) is 8.67. The summed E-state index contributed by atoms with van der Waals surface area (Å²) in [7, 11) is -3.56. The molecule has 2 heterocycles. The highest BCUT2D eigenvalue weighted by atomic mass is 32.2. The minimum absolute atomic E-state index is 0.00885. The maximum Gasteiger partial charge on any atom is 0.253 e. The maximum atomic E-state index is 13.0. The van der Waals surface area contributed by atoms with E-state index in [9.17, 15) is 18.0 Å². The number of piperidine rings is 2. The molecule has 2 aromatic rings. The highest BCUT2D eigenvalue weighted by Crippen LogP contribution is 2.26. The lowest BCUT2D eigenvalue weighted by molar-refractivity contribution is -0.121. The van der Waals surface area contributed by atoms with Gasteiger partial charge in [0.1, 0.15) is 0 Å². The van der Waals surface area contributed by atoms with Crippen molar-refractivity contribution in [3.05, 3.63) is 60.2 Å². The van der Waals surface area contributed by atoms with Crippen LogP contribution in [0.2, 0.25) is 0 Å². The number of rotatable bonds is 5. The summed E-state index contributed by atoms with van der Waals surface area (Å²) in [6.45, 7) is 3.48. The molecule has 0 bridgehead atoms. The van der Waals surface area contributed by atoms with Crippen LogP contribution in [0.3, 0.4) is 0 Å². The van der Waals surface area contributed by atoms with Gasteiger partial charge < -0.3 is 10.2 Å².